The molecular formula is C13H19ClS. The fourth-order valence-corrected chi connectivity index (χ4v) is 2.79. The number of thioether (sulfide) groups is 1. The zero-order valence-corrected chi connectivity index (χ0v) is 11.1. The van der Waals surface area contributed by atoms with Crippen molar-refractivity contribution < 1.29 is 0 Å². The summed E-state index contributed by atoms with van der Waals surface area (Å²) in [5, 5.41) is 0. The largest absolute Gasteiger partial charge is 0.162 e. The zero-order chi connectivity index (χ0) is 11.1. The maximum atomic E-state index is 6.04. The molecule has 1 aromatic rings. The van der Waals surface area contributed by atoms with E-state index in [1.807, 2.05) is 11.8 Å². The van der Waals surface area contributed by atoms with Crippen molar-refractivity contribution in [2.75, 3.05) is 17.4 Å². The highest BCUT2D eigenvalue weighted by molar-refractivity contribution is 7.99. The molecule has 1 atom stereocenters. The maximum absolute atomic E-state index is 6.04. The molecule has 0 amide bonds. The Morgan fingerprint density at radius 3 is 2.67 bits per heavy atom. The van der Waals surface area contributed by atoms with Crippen molar-refractivity contribution >= 4 is 23.4 Å². The van der Waals surface area contributed by atoms with Gasteiger partial charge in [-0.2, -0.15) is 11.8 Å². The lowest BCUT2D eigenvalue weighted by Crippen LogP contribution is -2.04. The highest BCUT2D eigenvalue weighted by Crippen LogP contribution is 2.25. The van der Waals surface area contributed by atoms with E-state index in [0.29, 0.717) is 5.92 Å². The van der Waals surface area contributed by atoms with Crippen LogP contribution in [-0.2, 0) is 0 Å². The van der Waals surface area contributed by atoms with E-state index in [4.69, 9.17) is 11.6 Å². The molecule has 0 bridgehead atoms. The molecule has 0 aliphatic carbocycles. The van der Waals surface area contributed by atoms with Gasteiger partial charge in [0.15, 0.2) is 0 Å². The van der Waals surface area contributed by atoms with Gasteiger partial charge in [-0.3, -0.25) is 0 Å². The predicted molar refractivity (Wildman–Crippen MR) is 72.3 cm³/mol. The first-order chi connectivity index (χ1) is 7.29. The molecule has 84 valence electrons. The van der Waals surface area contributed by atoms with Crippen LogP contribution in [0, 0.1) is 6.92 Å². The van der Waals surface area contributed by atoms with Crippen molar-refractivity contribution in [2.45, 2.75) is 26.2 Å². The van der Waals surface area contributed by atoms with Crippen LogP contribution in [0.25, 0.3) is 0 Å². The number of hydrogen-bond donors (Lipinski definition) is 0. The van der Waals surface area contributed by atoms with E-state index in [-0.39, 0.29) is 0 Å². The van der Waals surface area contributed by atoms with Gasteiger partial charge in [0.05, 0.1) is 0 Å². The van der Waals surface area contributed by atoms with Crippen molar-refractivity contribution in [2.24, 2.45) is 0 Å². The van der Waals surface area contributed by atoms with Crippen molar-refractivity contribution in [1.29, 1.82) is 0 Å². The van der Waals surface area contributed by atoms with Crippen LogP contribution >= 0.6 is 23.4 Å². The number of halogens is 1. The Balaban J connectivity index is 2.61. The van der Waals surface area contributed by atoms with Crippen LogP contribution in [-0.4, -0.2) is 17.4 Å². The molecular weight excluding hydrogens is 224 g/mol. The molecule has 2 heteroatoms. The standard InChI is InChI=1S/C13H19ClS/c1-3-15-9-8-12(10-14)13-7-5-4-6-11(13)2/h4-7,12H,3,8-10H2,1-2H3. The van der Waals surface area contributed by atoms with Gasteiger partial charge in [0.1, 0.15) is 0 Å². The third-order valence-electron chi connectivity index (χ3n) is 2.63. The minimum atomic E-state index is 0.520. The first-order valence-corrected chi connectivity index (χ1v) is 7.17. The van der Waals surface area contributed by atoms with Crippen LogP contribution in [0.15, 0.2) is 24.3 Å². The first-order valence-electron chi connectivity index (χ1n) is 5.48. The molecule has 0 fully saturated rings. The molecule has 0 spiro atoms. The Kier molecular flexibility index (Phi) is 6.19. The van der Waals surface area contributed by atoms with E-state index < -0.39 is 0 Å². The highest BCUT2D eigenvalue weighted by atomic mass is 35.5. The van der Waals surface area contributed by atoms with Crippen LogP contribution in [0.3, 0.4) is 0 Å². The van der Waals surface area contributed by atoms with Crippen molar-refractivity contribution in [1.82, 2.24) is 0 Å². The van der Waals surface area contributed by atoms with Gasteiger partial charge in [0, 0.05) is 5.88 Å². The van der Waals surface area contributed by atoms with Crippen molar-refractivity contribution in [3.05, 3.63) is 35.4 Å². The Labute approximate surface area is 102 Å². The lowest BCUT2D eigenvalue weighted by molar-refractivity contribution is 0.742. The smallest absolute Gasteiger partial charge is 0.0292 e. The number of rotatable bonds is 6. The number of benzene rings is 1. The van der Waals surface area contributed by atoms with Crippen molar-refractivity contribution in [3.63, 3.8) is 0 Å². The quantitative estimate of drug-likeness (QED) is 0.524. The molecule has 0 saturated carbocycles. The van der Waals surface area contributed by atoms with Crippen molar-refractivity contribution in [3.8, 4) is 0 Å². The summed E-state index contributed by atoms with van der Waals surface area (Å²) in [5.74, 6) is 3.66. The Morgan fingerprint density at radius 2 is 2.07 bits per heavy atom. The minimum absolute atomic E-state index is 0.520. The number of hydrogen-bond acceptors (Lipinski definition) is 1. The van der Waals surface area contributed by atoms with Crippen LogP contribution < -0.4 is 0 Å². The van der Waals surface area contributed by atoms with Crippen LogP contribution in [0.2, 0.25) is 0 Å². The molecule has 1 aromatic carbocycles. The van der Waals surface area contributed by atoms with Crippen LogP contribution in [0.4, 0.5) is 0 Å². The summed E-state index contributed by atoms with van der Waals surface area (Å²) in [4.78, 5) is 0. The van der Waals surface area contributed by atoms with Crippen LogP contribution in [0.5, 0.6) is 0 Å². The fourth-order valence-electron chi connectivity index (χ4n) is 1.73. The molecule has 0 aromatic heterocycles. The zero-order valence-electron chi connectivity index (χ0n) is 9.50. The lowest BCUT2D eigenvalue weighted by Gasteiger charge is -2.16. The molecule has 1 unspecified atom stereocenters. The predicted octanol–water partition coefficient (Wildman–Crippen LogP) is 4.46. The second kappa shape index (κ2) is 7.19. The lowest BCUT2D eigenvalue weighted by atomic mass is 9.94. The van der Waals surface area contributed by atoms with Gasteiger partial charge in [0.2, 0.25) is 0 Å². The summed E-state index contributed by atoms with van der Waals surface area (Å²) in [7, 11) is 0. The van der Waals surface area contributed by atoms with E-state index in [9.17, 15) is 0 Å². The van der Waals surface area contributed by atoms with E-state index in [2.05, 4.69) is 38.1 Å². The molecule has 0 nitrogen and oxygen atoms in total. The molecule has 15 heavy (non-hydrogen) atoms. The molecule has 0 saturated heterocycles. The molecule has 0 aliphatic heterocycles. The number of alkyl halides is 1. The third kappa shape index (κ3) is 4.08. The third-order valence-corrected chi connectivity index (χ3v) is 3.93. The minimum Gasteiger partial charge on any atom is -0.162 e. The maximum Gasteiger partial charge on any atom is 0.0292 e. The van der Waals surface area contributed by atoms with Gasteiger partial charge in [-0.1, -0.05) is 31.2 Å². The van der Waals surface area contributed by atoms with Gasteiger partial charge in [-0.05, 0) is 41.9 Å². The second-order valence-corrected chi connectivity index (χ2v) is 5.40. The molecule has 0 N–H and O–H groups in total. The summed E-state index contributed by atoms with van der Waals surface area (Å²) in [5.41, 5.74) is 2.79. The average molecular weight is 243 g/mol. The molecule has 0 radical (unpaired) electrons. The molecule has 0 aliphatic rings. The highest BCUT2D eigenvalue weighted by Gasteiger charge is 2.11. The van der Waals surface area contributed by atoms with Gasteiger partial charge in [-0.15, -0.1) is 11.6 Å². The number of aryl methyl sites for hydroxylation is 1. The normalized spacial score (nSPS) is 12.7. The van der Waals surface area contributed by atoms with Crippen LogP contribution in [0.1, 0.15) is 30.4 Å². The van der Waals surface area contributed by atoms with E-state index in [0.717, 1.165) is 5.88 Å². The van der Waals surface area contributed by atoms with Gasteiger partial charge < -0.3 is 0 Å². The average Bonchev–Trinajstić information content (AvgIpc) is 2.26. The molecule has 0 heterocycles. The summed E-state index contributed by atoms with van der Waals surface area (Å²) in [6.45, 7) is 4.37. The Bertz CT molecular complexity index is 286. The van der Waals surface area contributed by atoms with Gasteiger partial charge in [-0.25, -0.2) is 0 Å². The van der Waals surface area contributed by atoms with E-state index in [1.54, 1.807) is 0 Å². The summed E-state index contributed by atoms with van der Waals surface area (Å²) in [6, 6.07) is 8.57. The Hall–Kier alpha value is -0.140. The Morgan fingerprint density at radius 1 is 1.33 bits per heavy atom. The first kappa shape index (κ1) is 12.9. The van der Waals surface area contributed by atoms with Gasteiger partial charge >= 0.3 is 0 Å². The summed E-state index contributed by atoms with van der Waals surface area (Å²) >= 11 is 8.04. The SMILES string of the molecule is CCSCCC(CCl)c1ccccc1C. The second-order valence-electron chi connectivity index (χ2n) is 3.69. The van der Waals surface area contributed by atoms with E-state index in [1.165, 1.54) is 29.1 Å². The monoisotopic (exact) mass is 242 g/mol. The topological polar surface area (TPSA) is 0 Å². The summed E-state index contributed by atoms with van der Waals surface area (Å²) < 4.78 is 0. The fraction of sp³-hybridized carbons (Fsp3) is 0.538. The molecule has 1 rings (SSSR count). The van der Waals surface area contributed by atoms with E-state index >= 15 is 0 Å². The van der Waals surface area contributed by atoms with Gasteiger partial charge in [0.25, 0.3) is 0 Å². The summed E-state index contributed by atoms with van der Waals surface area (Å²) in [6.07, 6.45) is 1.19.